The van der Waals surface area contributed by atoms with Crippen molar-refractivity contribution in [3.8, 4) is 0 Å². The zero-order valence-corrected chi connectivity index (χ0v) is 12.1. The Morgan fingerprint density at radius 2 is 2.26 bits per heavy atom. The molecule has 0 bridgehead atoms. The first kappa shape index (κ1) is 14.6. The van der Waals surface area contributed by atoms with Crippen molar-refractivity contribution in [3.63, 3.8) is 0 Å². The minimum Gasteiger partial charge on any atom is -0.481 e. The molecule has 1 fully saturated rings. The van der Waals surface area contributed by atoms with Crippen LogP contribution < -0.4 is 0 Å². The van der Waals surface area contributed by atoms with Crippen LogP contribution in [0.4, 0.5) is 0 Å². The van der Waals surface area contributed by atoms with E-state index in [1.165, 1.54) is 6.07 Å². The van der Waals surface area contributed by atoms with Gasteiger partial charge in [0.15, 0.2) is 0 Å². The number of ether oxygens (including phenoxy) is 1. The second-order valence-electron chi connectivity index (χ2n) is 4.08. The van der Waals surface area contributed by atoms with Gasteiger partial charge in [0, 0.05) is 13.1 Å². The van der Waals surface area contributed by atoms with Gasteiger partial charge in [-0.3, -0.25) is 9.59 Å². The number of aliphatic carboxylic acids is 1. The number of carboxylic acids is 1. The number of hydrogen-bond acceptors (Lipinski definition) is 4. The van der Waals surface area contributed by atoms with Crippen molar-refractivity contribution in [2.75, 3.05) is 19.7 Å². The van der Waals surface area contributed by atoms with Gasteiger partial charge in [0.05, 0.1) is 29.0 Å². The fraction of sp³-hybridized carbons (Fsp3) is 0.455. The molecule has 1 aromatic rings. The van der Waals surface area contributed by atoms with Gasteiger partial charge < -0.3 is 14.7 Å². The molecule has 1 unspecified atom stereocenters. The van der Waals surface area contributed by atoms with E-state index in [1.54, 1.807) is 4.90 Å². The van der Waals surface area contributed by atoms with Crippen LogP contribution in [0.5, 0.6) is 0 Å². The van der Waals surface area contributed by atoms with Crippen molar-refractivity contribution in [1.29, 1.82) is 0 Å². The molecule has 104 valence electrons. The Morgan fingerprint density at radius 3 is 2.84 bits per heavy atom. The first-order valence-electron chi connectivity index (χ1n) is 5.55. The lowest BCUT2D eigenvalue weighted by Gasteiger charge is -2.32. The molecule has 1 aliphatic rings. The van der Waals surface area contributed by atoms with Gasteiger partial charge in [-0.05, 0) is 6.07 Å². The Morgan fingerprint density at radius 1 is 1.53 bits per heavy atom. The SMILES string of the molecule is O=C(O)CC1CN(C(=O)c2cc(Cl)sc2Cl)CCO1. The number of carbonyl (C=O) groups excluding carboxylic acids is 1. The summed E-state index contributed by atoms with van der Waals surface area (Å²) in [4.78, 5) is 24.4. The number of halogens is 2. The average Bonchev–Trinajstić information content (AvgIpc) is 2.67. The number of thiophene rings is 1. The molecule has 0 saturated carbocycles. The van der Waals surface area contributed by atoms with Gasteiger partial charge in [-0.1, -0.05) is 23.2 Å². The summed E-state index contributed by atoms with van der Waals surface area (Å²) in [7, 11) is 0. The molecular formula is C11H11Cl2NO4S. The Bertz CT molecular complexity index is 505. The van der Waals surface area contributed by atoms with Crippen molar-refractivity contribution in [2.45, 2.75) is 12.5 Å². The number of amides is 1. The van der Waals surface area contributed by atoms with Crippen LogP contribution in [0.15, 0.2) is 6.07 Å². The molecule has 5 nitrogen and oxygen atoms in total. The molecule has 0 aromatic carbocycles. The van der Waals surface area contributed by atoms with E-state index in [-0.39, 0.29) is 18.9 Å². The highest BCUT2D eigenvalue weighted by atomic mass is 35.5. The lowest BCUT2D eigenvalue weighted by atomic mass is 10.2. The molecule has 2 rings (SSSR count). The van der Waals surface area contributed by atoms with E-state index in [0.29, 0.717) is 27.4 Å². The lowest BCUT2D eigenvalue weighted by molar-refractivity contribution is -0.141. The quantitative estimate of drug-likeness (QED) is 0.927. The van der Waals surface area contributed by atoms with Gasteiger partial charge in [-0.2, -0.15) is 0 Å². The molecule has 1 atom stereocenters. The van der Waals surface area contributed by atoms with Gasteiger partial charge >= 0.3 is 5.97 Å². The molecule has 1 aromatic heterocycles. The second kappa shape index (κ2) is 6.09. The monoisotopic (exact) mass is 323 g/mol. The molecular weight excluding hydrogens is 313 g/mol. The normalized spacial score (nSPS) is 19.5. The topological polar surface area (TPSA) is 66.8 Å². The highest BCUT2D eigenvalue weighted by molar-refractivity contribution is 7.20. The van der Waals surface area contributed by atoms with Crippen LogP contribution >= 0.6 is 34.5 Å². The fourth-order valence-corrected chi connectivity index (χ4v) is 3.33. The van der Waals surface area contributed by atoms with Crippen molar-refractivity contribution >= 4 is 46.4 Å². The lowest BCUT2D eigenvalue weighted by Crippen LogP contribution is -2.46. The zero-order valence-electron chi connectivity index (χ0n) is 9.77. The maximum atomic E-state index is 12.3. The van der Waals surface area contributed by atoms with Crippen molar-refractivity contribution < 1.29 is 19.4 Å². The van der Waals surface area contributed by atoms with Crippen molar-refractivity contribution in [1.82, 2.24) is 4.90 Å². The standard InChI is InChI=1S/C11H11Cl2NO4S/c12-8-4-7(10(13)19-8)11(17)14-1-2-18-6(5-14)3-9(15)16/h4,6H,1-3,5H2,(H,15,16). The largest absolute Gasteiger partial charge is 0.481 e. The molecule has 1 saturated heterocycles. The Labute approximate surface area is 123 Å². The molecule has 2 heterocycles. The van der Waals surface area contributed by atoms with E-state index in [0.717, 1.165) is 11.3 Å². The average molecular weight is 324 g/mol. The summed E-state index contributed by atoms with van der Waals surface area (Å²) < 4.78 is 6.10. The number of carboxylic acid groups (broad SMARTS) is 1. The first-order valence-corrected chi connectivity index (χ1v) is 7.12. The molecule has 0 spiro atoms. The van der Waals surface area contributed by atoms with E-state index < -0.39 is 12.1 Å². The van der Waals surface area contributed by atoms with Gasteiger partial charge in [0.1, 0.15) is 4.34 Å². The first-order chi connectivity index (χ1) is 8.97. The summed E-state index contributed by atoms with van der Waals surface area (Å²) in [5.41, 5.74) is 0.354. The van der Waals surface area contributed by atoms with Gasteiger partial charge in [-0.25, -0.2) is 0 Å². The molecule has 1 amide bonds. The summed E-state index contributed by atoms with van der Waals surface area (Å²) in [6, 6.07) is 1.53. The molecule has 1 aliphatic heterocycles. The maximum Gasteiger partial charge on any atom is 0.306 e. The smallest absolute Gasteiger partial charge is 0.306 e. The van der Waals surface area contributed by atoms with Gasteiger partial charge in [-0.15, -0.1) is 11.3 Å². The molecule has 1 N–H and O–H groups in total. The maximum absolute atomic E-state index is 12.3. The summed E-state index contributed by atoms with van der Waals surface area (Å²) in [5.74, 6) is -1.19. The van der Waals surface area contributed by atoms with Crippen LogP contribution in [0.2, 0.25) is 8.67 Å². The molecule has 19 heavy (non-hydrogen) atoms. The van der Waals surface area contributed by atoms with Gasteiger partial charge in [0.2, 0.25) is 0 Å². The van der Waals surface area contributed by atoms with Crippen LogP contribution in [0, 0.1) is 0 Å². The Balaban J connectivity index is 2.07. The third kappa shape index (κ3) is 3.60. The number of hydrogen-bond donors (Lipinski definition) is 1. The van der Waals surface area contributed by atoms with E-state index in [9.17, 15) is 9.59 Å². The number of carbonyl (C=O) groups is 2. The fourth-order valence-electron chi connectivity index (χ4n) is 1.88. The van der Waals surface area contributed by atoms with Crippen molar-refractivity contribution in [3.05, 3.63) is 20.3 Å². The summed E-state index contributed by atoms with van der Waals surface area (Å²) in [5, 5.41) is 8.73. The van der Waals surface area contributed by atoms with E-state index in [2.05, 4.69) is 0 Å². The van der Waals surface area contributed by atoms with Crippen molar-refractivity contribution in [2.24, 2.45) is 0 Å². The number of morpholine rings is 1. The third-order valence-electron chi connectivity index (χ3n) is 2.72. The summed E-state index contributed by atoms with van der Waals surface area (Å²) in [6.45, 7) is 0.979. The highest BCUT2D eigenvalue weighted by Crippen LogP contribution is 2.32. The number of nitrogens with zero attached hydrogens (tertiary/aromatic N) is 1. The Hall–Kier alpha value is -0.820. The van der Waals surface area contributed by atoms with Crippen LogP contribution in [-0.2, 0) is 9.53 Å². The number of rotatable bonds is 3. The van der Waals surface area contributed by atoms with E-state index in [1.807, 2.05) is 0 Å². The third-order valence-corrected chi connectivity index (χ3v) is 4.20. The molecule has 0 aliphatic carbocycles. The highest BCUT2D eigenvalue weighted by Gasteiger charge is 2.28. The van der Waals surface area contributed by atoms with E-state index in [4.69, 9.17) is 33.0 Å². The van der Waals surface area contributed by atoms with Gasteiger partial charge in [0.25, 0.3) is 5.91 Å². The second-order valence-corrected chi connectivity index (χ2v) is 6.37. The summed E-state index contributed by atoms with van der Waals surface area (Å²) in [6.07, 6.45) is -0.606. The minimum atomic E-state index is -0.948. The van der Waals surface area contributed by atoms with Crippen LogP contribution in [0.1, 0.15) is 16.8 Å². The minimum absolute atomic E-state index is 0.123. The summed E-state index contributed by atoms with van der Waals surface area (Å²) >= 11 is 12.9. The zero-order chi connectivity index (χ0) is 14.0. The predicted molar refractivity (Wildman–Crippen MR) is 72.2 cm³/mol. The van der Waals surface area contributed by atoms with E-state index >= 15 is 0 Å². The van der Waals surface area contributed by atoms with Crippen LogP contribution in [0.3, 0.4) is 0 Å². The predicted octanol–water partition coefficient (Wildman–Crippen LogP) is 2.37. The van der Waals surface area contributed by atoms with Crippen LogP contribution in [0.25, 0.3) is 0 Å². The molecule has 8 heteroatoms. The Kier molecular flexibility index (Phi) is 4.67. The van der Waals surface area contributed by atoms with Crippen LogP contribution in [-0.4, -0.2) is 47.7 Å². The molecule has 0 radical (unpaired) electrons.